The Morgan fingerprint density at radius 3 is 3.08 bits per heavy atom. The molecule has 1 heterocycles. The SMILES string of the molecule is C#CCCC(N)c1cc(OC)cs1. The van der Waals surface area contributed by atoms with Crippen molar-refractivity contribution < 1.29 is 4.74 Å². The summed E-state index contributed by atoms with van der Waals surface area (Å²) in [6, 6.07) is 2.01. The minimum Gasteiger partial charge on any atom is -0.496 e. The minimum absolute atomic E-state index is 0.0462. The molecule has 0 fully saturated rings. The van der Waals surface area contributed by atoms with Crippen LogP contribution in [0.25, 0.3) is 0 Å². The Labute approximate surface area is 82.7 Å². The predicted molar refractivity (Wildman–Crippen MR) is 55.9 cm³/mol. The van der Waals surface area contributed by atoms with Gasteiger partial charge in [-0.05, 0) is 12.5 Å². The molecule has 3 heteroatoms. The van der Waals surface area contributed by atoms with Crippen LogP contribution in [0.5, 0.6) is 5.75 Å². The molecule has 1 aromatic rings. The first-order valence-corrected chi connectivity index (χ1v) is 4.97. The van der Waals surface area contributed by atoms with Crippen LogP contribution in [0.3, 0.4) is 0 Å². The highest BCUT2D eigenvalue weighted by molar-refractivity contribution is 7.10. The van der Waals surface area contributed by atoms with Crippen LogP contribution in [0.15, 0.2) is 11.4 Å². The van der Waals surface area contributed by atoms with Crippen LogP contribution in [0.4, 0.5) is 0 Å². The summed E-state index contributed by atoms with van der Waals surface area (Å²) in [6.45, 7) is 0. The highest BCUT2D eigenvalue weighted by atomic mass is 32.1. The highest BCUT2D eigenvalue weighted by Crippen LogP contribution is 2.27. The van der Waals surface area contributed by atoms with E-state index in [1.165, 1.54) is 0 Å². The van der Waals surface area contributed by atoms with Crippen molar-refractivity contribution in [2.45, 2.75) is 18.9 Å². The monoisotopic (exact) mass is 195 g/mol. The van der Waals surface area contributed by atoms with Gasteiger partial charge in [0.05, 0.1) is 7.11 Å². The van der Waals surface area contributed by atoms with Gasteiger partial charge in [0, 0.05) is 22.7 Å². The summed E-state index contributed by atoms with van der Waals surface area (Å²) >= 11 is 1.61. The first-order valence-electron chi connectivity index (χ1n) is 4.09. The van der Waals surface area contributed by atoms with Crippen molar-refractivity contribution in [2.24, 2.45) is 5.73 Å². The van der Waals surface area contributed by atoms with E-state index in [9.17, 15) is 0 Å². The summed E-state index contributed by atoms with van der Waals surface area (Å²) in [6.07, 6.45) is 6.72. The second kappa shape index (κ2) is 4.90. The van der Waals surface area contributed by atoms with E-state index in [0.717, 1.165) is 23.5 Å². The lowest BCUT2D eigenvalue weighted by atomic mass is 10.1. The summed E-state index contributed by atoms with van der Waals surface area (Å²) in [7, 11) is 1.65. The molecule has 0 bridgehead atoms. The number of nitrogens with two attached hydrogens (primary N) is 1. The van der Waals surface area contributed by atoms with E-state index in [1.54, 1.807) is 18.4 Å². The summed E-state index contributed by atoms with van der Waals surface area (Å²) in [5, 5.41) is 1.95. The molecule has 0 amide bonds. The number of ether oxygens (including phenoxy) is 1. The first kappa shape index (κ1) is 10.1. The smallest absolute Gasteiger partial charge is 0.129 e. The van der Waals surface area contributed by atoms with E-state index in [0.29, 0.717) is 0 Å². The van der Waals surface area contributed by atoms with Gasteiger partial charge in [-0.3, -0.25) is 0 Å². The highest BCUT2D eigenvalue weighted by Gasteiger charge is 2.08. The lowest BCUT2D eigenvalue weighted by Crippen LogP contribution is -2.07. The summed E-state index contributed by atoms with van der Waals surface area (Å²) < 4.78 is 5.06. The van der Waals surface area contributed by atoms with Gasteiger partial charge in [-0.1, -0.05) is 0 Å². The van der Waals surface area contributed by atoms with Crippen LogP contribution in [-0.2, 0) is 0 Å². The quantitative estimate of drug-likeness (QED) is 0.747. The number of terminal acetylenes is 1. The van der Waals surface area contributed by atoms with Gasteiger partial charge in [0.15, 0.2) is 0 Å². The molecular formula is C10H13NOS. The average Bonchev–Trinajstić information content (AvgIpc) is 2.62. The van der Waals surface area contributed by atoms with Gasteiger partial charge in [-0.15, -0.1) is 23.7 Å². The second-order valence-corrected chi connectivity index (χ2v) is 3.68. The van der Waals surface area contributed by atoms with Gasteiger partial charge in [-0.25, -0.2) is 0 Å². The molecule has 0 aliphatic heterocycles. The molecule has 2 N–H and O–H groups in total. The Bertz CT molecular complexity index is 300. The molecule has 0 aliphatic carbocycles. The number of hydrogen-bond donors (Lipinski definition) is 1. The zero-order valence-corrected chi connectivity index (χ0v) is 8.43. The number of rotatable bonds is 4. The molecule has 0 saturated carbocycles. The number of methoxy groups -OCH3 is 1. The van der Waals surface area contributed by atoms with E-state index in [-0.39, 0.29) is 6.04 Å². The van der Waals surface area contributed by atoms with E-state index >= 15 is 0 Å². The fourth-order valence-electron chi connectivity index (χ4n) is 1.02. The zero-order chi connectivity index (χ0) is 9.68. The molecule has 1 unspecified atom stereocenters. The minimum atomic E-state index is 0.0462. The number of hydrogen-bond acceptors (Lipinski definition) is 3. The topological polar surface area (TPSA) is 35.2 Å². The Morgan fingerprint density at radius 1 is 1.77 bits per heavy atom. The summed E-state index contributed by atoms with van der Waals surface area (Å²) in [5.74, 6) is 3.45. The molecule has 0 aliphatic rings. The van der Waals surface area contributed by atoms with Crippen LogP contribution in [0.1, 0.15) is 23.8 Å². The fraction of sp³-hybridized carbons (Fsp3) is 0.400. The molecular weight excluding hydrogens is 182 g/mol. The maximum Gasteiger partial charge on any atom is 0.129 e. The maximum atomic E-state index is 5.91. The average molecular weight is 195 g/mol. The third-order valence-electron chi connectivity index (χ3n) is 1.80. The second-order valence-electron chi connectivity index (χ2n) is 2.74. The standard InChI is InChI=1S/C10H13NOS/c1-3-4-5-9(11)10-6-8(12-2)7-13-10/h1,6-7,9H,4-5,11H2,2H3. The van der Waals surface area contributed by atoms with Crippen molar-refractivity contribution >= 4 is 11.3 Å². The summed E-state index contributed by atoms with van der Waals surface area (Å²) in [5.41, 5.74) is 5.91. The fourth-order valence-corrected chi connectivity index (χ4v) is 1.91. The largest absolute Gasteiger partial charge is 0.496 e. The lowest BCUT2D eigenvalue weighted by Gasteiger charge is -2.05. The van der Waals surface area contributed by atoms with Crippen molar-refractivity contribution in [2.75, 3.05) is 7.11 Å². The van der Waals surface area contributed by atoms with Crippen LogP contribution in [0, 0.1) is 12.3 Å². The Morgan fingerprint density at radius 2 is 2.54 bits per heavy atom. The summed E-state index contributed by atoms with van der Waals surface area (Å²) in [4.78, 5) is 1.13. The molecule has 1 aromatic heterocycles. The molecule has 70 valence electrons. The Hall–Kier alpha value is -0.980. The lowest BCUT2D eigenvalue weighted by molar-refractivity contribution is 0.416. The van der Waals surface area contributed by atoms with Crippen LogP contribution in [0.2, 0.25) is 0 Å². The van der Waals surface area contributed by atoms with E-state index in [2.05, 4.69) is 5.92 Å². The molecule has 0 radical (unpaired) electrons. The van der Waals surface area contributed by atoms with Gasteiger partial charge in [0.25, 0.3) is 0 Å². The van der Waals surface area contributed by atoms with Crippen molar-refractivity contribution in [3.05, 3.63) is 16.3 Å². The van der Waals surface area contributed by atoms with Crippen molar-refractivity contribution in [1.29, 1.82) is 0 Å². The maximum absolute atomic E-state index is 5.91. The first-order chi connectivity index (χ1) is 6.27. The van der Waals surface area contributed by atoms with Gasteiger partial charge in [0.1, 0.15) is 5.75 Å². The van der Waals surface area contributed by atoms with Crippen molar-refractivity contribution in [3.63, 3.8) is 0 Å². The molecule has 0 saturated heterocycles. The molecule has 1 atom stereocenters. The van der Waals surface area contributed by atoms with Gasteiger partial charge < -0.3 is 10.5 Å². The third-order valence-corrected chi connectivity index (χ3v) is 2.84. The molecule has 2 nitrogen and oxygen atoms in total. The van der Waals surface area contributed by atoms with E-state index < -0.39 is 0 Å². The van der Waals surface area contributed by atoms with Gasteiger partial charge >= 0.3 is 0 Å². The van der Waals surface area contributed by atoms with Gasteiger partial charge in [0.2, 0.25) is 0 Å². The molecule has 13 heavy (non-hydrogen) atoms. The third kappa shape index (κ3) is 2.76. The van der Waals surface area contributed by atoms with Crippen LogP contribution >= 0.6 is 11.3 Å². The molecule has 0 spiro atoms. The zero-order valence-electron chi connectivity index (χ0n) is 7.62. The van der Waals surface area contributed by atoms with E-state index in [1.807, 2.05) is 11.4 Å². The van der Waals surface area contributed by atoms with Crippen molar-refractivity contribution in [3.8, 4) is 18.1 Å². The van der Waals surface area contributed by atoms with Crippen LogP contribution < -0.4 is 10.5 Å². The van der Waals surface area contributed by atoms with Gasteiger partial charge in [-0.2, -0.15) is 0 Å². The predicted octanol–water partition coefficient (Wildman–Crippen LogP) is 2.17. The Kier molecular flexibility index (Phi) is 3.81. The number of thiophene rings is 1. The normalized spacial score (nSPS) is 12.1. The van der Waals surface area contributed by atoms with E-state index in [4.69, 9.17) is 16.9 Å². The Balaban J connectivity index is 2.56. The van der Waals surface area contributed by atoms with Crippen molar-refractivity contribution in [1.82, 2.24) is 0 Å². The molecule has 1 rings (SSSR count). The van der Waals surface area contributed by atoms with Crippen LogP contribution in [-0.4, -0.2) is 7.11 Å². The molecule has 0 aromatic carbocycles.